The molecule has 0 unspecified atom stereocenters. The number of aliphatic hydroxyl groups is 1. The Bertz CT molecular complexity index is 1480. The highest BCUT2D eigenvalue weighted by Crippen LogP contribution is 2.28. The van der Waals surface area contributed by atoms with Crippen LogP contribution in [0.5, 0.6) is 0 Å². The summed E-state index contributed by atoms with van der Waals surface area (Å²) in [5.41, 5.74) is 2.93. The summed E-state index contributed by atoms with van der Waals surface area (Å²) in [7, 11) is -3.48. The molecule has 0 bridgehead atoms. The molecule has 42 heavy (non-hydrogen) atoms. The van der Waals surface area contributed by atoms with Gasteiger partial charge in [0.2, 0.25) is 10.0 Å². The molecule has 3 aromatic carbocycles. The maximum Gasteiger partial charge on any atom is 0.269 e. The Balaban J connectivity index is 1.53. The van der Waals surface area contributed by atoms with Crippen molar-refractivity contribution in [3.8, 4) is 0 Å². The van der Waals surface area contributed by atoms with E-state index in [-0.39, 0.29) is 23.5 Å². The Hall–Kier alpha value is -4.00. The molecule has 1 aliphatic rings. The predicted octanol–water partition coefficient (Wildman–Crippen LogP) is 3.45. The summed E-state index contributed by atoms with van der Waals surface area (Å²) in [5, 5.41) is 31.5. The molecule has 12 heteroatoms. The first kappa shape index (κ1) is 30.9. The van der Waals surface area contributed by atoms with E-state index in [0.717, 1.165) is 12.0 Å². The molecule has 3 aromatic rings. The van der Waals surface area contributed by atoms with Crippen molar-refractivity contribution in [2.24, 2.45) is 0 Å². The molecule has 0 aromatic heterocycles. The Morgan fingerprint density at radius 2 is 1.81 bits per heavy atom. The molecular weight excluding hydrogens is 558 g/mol. The lowest BCUT2D eigenvalue weighted by Crippen LogP contribution is -2.48. The lowest BCUT2D eigenvalue weighted by Gasteiger charge is -2.29. The van der Waals surface area contributed by atoms with Gasteiger partial charge in [0.25, 0.3) is 11.6 Å². The van der Waals surface area contributed by atoms with Crippen molar-refractivity contribution >= 4 is 33.0 Å². The quantitative estimate of drug-likeness (QED) is 0.173. The van der Waals surface area contributed by atoms with Gasteiger partial charge in [0.15, 0.2) is 0 Å². The van der Waals surface area contributed by atoms with E-state index in [4.69, 9.17) is 0 Å². The monoisotopic (exact) mass is 595 g/mol. The Morgan fingerprint density at radius 1 is 1.05 bits per heavy atom. The van der Waals surface area contributed by atoms with Gasteiger partial charge in [-0.1, -0.05) is 42.5 Å². The molecule has 11 nitrogen and oxygen atoms in total. The van der Waals surface area contributed by atoms with E-state index in [2.05, 4.69) is 16.0 Å². The summed E-state index contributed by atoms with van der Waals surface area (Å²) < 4.78 is 26.9. The van der Waals surface area contributed by atoms with E-state index >= 15 is 0 Å². The van der Waals surface area contributed by atoms with Crippen LogP contribution in [0.15, 0.2) is 72.8 Å². The minimum atomic E-state index is -3.48. The van der Waals surface area contributed by atoms with Crippen molar-refractivity contribution in [1.29, 1.82) is 0 Å². The number of nitrogens with one attached hydrogen (secondary N) is 3. The number of nitrogens with zero attached hydrogens (tertiary/aromatic N) is 2. The summed E-state index contributed by atoms with van der Waals surface area (Å²) in [4.78, 5) is 24.2. The van der Waals surface area contributed by atoms with Crippen molar-refractivity contribution in [3.05, 3.63) is 99.6 Å². The largest absolute Gasteiger partial charge is 0.390 e. The highest BCUT2D eigenvalue weighted by atomic mass is 32.2. The Labute approximate surface area is 246 Å². The number of anilines is 2. The van der Waals surface area contributed by atoms with E-state index in [9.17, 15) is 28.4 Å². The number of non-ortho nitro benzene ring substituents is 1. The summed E-state index contributed by atoms with van der Waals surface area (Å²) >= 11 is 0. The number of amides is 1. The van der Waals surface area contributed by atoms with Crippen molar-refractivity contribution < 1.29 is 23.2 Å². The number of nitro benzene ring substituents is 1. The molecule has 0 saturated carbocycles. The number of rotatable bonds is 13. The predicted molar refractivity (Wildman–Crippen MR) is 163 cm³/mol. The maximum atomic E-state index is 13.6. The highest BCUT2D eigenvalue weighted by Gasteiger charge is 2.28. The number of nitro groups is 1. The van der Waals surface area contributed by atoms with Crippen LogP contribution in [0.25, 0.3) is 0 Å². The fourth-order valence-electron chi connectivity index (χ4n) is 4.96. The lowest BCUT2D eigenvalue weighted by molar-refractivity contribution is -0.384. The fourth-order valence-corrected chi connectivity index (χ4v) is 6.58. The molecule has 2 atom stereocenters. The highest BCUT2D eigenvalue weighted by molar-refractivity contribution is 7.92. The molecule has 0 radical (unpaired) electrons. The molecular formula is C30H37N5O6S. The minimum Gasteiger partial charge on any atom is -0.390 e. The van der Waals surface area contributed by atoms with Gasteiger partial charge in [0.05, 0.1) is 28.5 Å². The third-order valence-corrected chi connectivity index (χ3v) is 8.95. The second kappa shape index (κ2) is 14.3. The molecule has 1 aliphatic heterocycles. The number of carbonyl (C=O) groups excluding carboxylic acids is 1. The minimum absolute atomic E-state index is 0.0134. The normalized spacial score (nSPS) is 15.9. The average Bonchev–Trinajstić information content (AvgIpc) is 2.97. The van der Waals surface area contributed by atoms with Crippen LogP contribution in [0, 0.1) is 10.1 Å². The molecule has 0 aliphatic carbocycles. The van der Waals surface area contributed by atoms with Crippen LogP contribution in [0.1, 0.15) is 41.3 Å². The summed E-state index contributed by atoms with van der Waals surface area (Å²) in [6, 6.07) is 20.0. The fraction of sp³-hybridized carbons (Fsp3) is 0.367. The standard InChI is InChI=1S/C30H37N5O6S/c1-2-32-25-17-24(18-27(19-25)34-13-6-7-14-42(34,40)41)30(37)33-28(16-22-9-4-3-5-10-22)29(36)21-31-20-23-11-8-12-26(15-23)35(38)39/h3-5,8-12,15,17-19,28-29,31-32,36H,2,6-7,13-14,16,20-21H2,1H3,(H,33,37)/t28-,29+/m0/s1. The van der Waals surface area contributed by atoms with E-state index in [0.29, 0.717) is 49.4 Å². The summed E-state index contributed by atoms with van der Waals surface area (Å²) in [6.45, 7) is 3.27. The van der Waals surface area contributed by atoms with Gasteiger partial charge < -0.3 is 21.1 Å². The summed E-state index contributed by atoms with van der Waals surface area (Å²) in [6.07, 6.45) is 0.701. The van der Waals surface area contributed by atoms with Gasteiger partial charge in [0.1, 0.15) is 0 Å². The van der Waals surface area contributed by atoms with Gasteiger partial charge >= 0.3 is 0 Å². The lowest BCUT2D eigenvalue weighted by atomic mass is 10.00. The van der Waals surface area contributed by atoms with Crippen LogP contribution in [-0.2, 0) is 23.0 Å². The van der Waals surface area contributed by atoms with Crippen LogP contribution in [0.2, 0.25) is 0 Å². The van der Waals surface area contributed by atoms with Crippen molar-refractivity contribution in [2.75, 3.05) is 35.0 Å². The van der Waals surface area contributed by atoms with E-state index in [1.54, 1.807) is 30.3 Å². The molecule has 224 valence electrons. The third-order valence-electron chi connectivity index (χ3n) is 7.08. The molecule has 1 saturated heterocycles. The van der Waals surface area contributed by atoms with Gasteiger partial charge in [-0.15, -0.1) is 0 Å². The van der Waals surface area contributed by atoms with Crippen molar-refractivity contribution in [3.63, 3.8) is 0 Å². The van der Waals surface area contributed by atoms with Crippen molar-refractivity contribution in [1.82, 2.24) is 10.6 Å². The zero-order valence-electron chi connectivity index (χ0n) is 23.5. The number of benzene rings is 3. The first-order chi connectivity index (χ1) is 20.2. The SMILES string of the molecule is CCNc1cc(C(=O)N[C@@H](Cc2ccccc2)[C@H](O)CNCc2cccc([N+](=O)[O-])c2)cc(N2CCCCS2(=O)=O)c1. The smallest absolute Gasteiger partial charge is 0.269 e. The average molecular weight is 596 g/mol. The second-order valence-electron chi connectivity index (χ2n) is 10.3. The summed E-state index contributed by atoms with van der Waals surface area (Å²) in [5.74, 6) is -0.377. The Morgan fingerprint density at radius 3 is 2.52 bits per heavy atom. The number of aliphatic hydroxyl groups excluding tert-OH is 1. The second-order valence-corrected chi connectivity index (χ2v) is 12.3. The van der Waals surface area contributed by atoms with Crippen LogP contribution in [-0.4, -0.2) is 61.9 Å². The van der Waals surface area contributed by atoms with Gasteiger partial charge in [0, 0.05) is 49.6 Å². The molecule has 1 heterocycles. The topological polar surface area (TPSA) is 154 Å². The van der Waals surface area contributed by atoms with Crippen LogP contribution < -0.4 is 20.3 Å². The number of hydrogen-bond acceptors (Lipinski definition) is 8. The molecule has 1 fully saturated rings. The van der Waals surface area contributed by atoms with E-state index in [1.165, 1.54) is 16.4 Å². The van der Waals surface area contributed by atoms with Gasteiger partial charge in [-0.2, -0.15) is 0 Å². The Kier molecular flexibility index (Phi) is 10.5. The molecule has 1 amide bonds. The number of sulfonamides is 1. The van der Waals surface area contributed by atoms with Crippen LogP contribution in [0.3, 0.4) is 0 Å². The first-order valence-corrected chi connectivity index (χ1v) is 15.6. The molecule has 4 rings (SSSR count). The van der Waals surface area contributed by atoms with Crippen LogP contribution >= 0.6 is 0 Å². The number of carbonyl (C=O) groups is 1. The molecule has 0 spiro atoms. The van der Waals surface area contributed by atoms with Gasteiger partial charge in [-0.3, -0.25) is 19.2 Å². The van der Waals surface area contributed by atoms with E-state index < -0.39 is 33.0 Å². The van der Waals surface area contributed by atoms with E-state index in [1.807, 2.05) is 37.3 Å². The number of hydrogen-bond donors (Lipinski definition) is 4. The van der Waals surface area contributed by atoms with Crippen LogP contribution in [0.4, 0.5) is 17.1 Å². The van der Waals surface area contributed by atoms with Gasteiger partial charge in [-0.25, -0.2) is 8.42 Å². The maximum absolute atomic E-state index is 13.6. The first-order valence-electron chi connectivity index (χ1n) is 14.0. The molecule has 4 N–H and O–H groups in total. The zero-order chi connectivity index (χ0) is 30.1. The third kappa shape index (κ3) is 8.28. The van der Waals surface area contributed by atoms with Gasteiger partial charge in [-0.05, 0) is 55.5 Å². The zero-order valence-corrected chi connectivity index (χ0v) is 24.3. The van der Waals surface area contributed by atoms with Crippen molar-refractivity contribution in [2.45, 2.75) is 44.9 Å².